The number of carbonyl (C=O) groups is 2. The molecule has 0 aliphatic carbocycles. The molecule has 4 aromatic rings. The molecule has 10 nitrogen and oxygen atoms in total. The Morgan fingerprint density at radius 2 is 0.836 bits per heavy atom. The molecule has 1 N–H and O–H groups in total. The molecular formula is C55H82N4O6S2. The van der Waals surface area contributed by atoms with Crippen LogP contribution in [0.15, 0.2) is 35.0 Å². The van der Waals surface area contributed by atoms with Gasteiger partial charge in [-0.3, -0.25) is 0 Å². The first kappa shape index (κ1) is 53.8. The predicted octanol–water partition coefficient (Wildman–Crippen LogP) is 14.8. The molecule has 2 fully saturated rings. The van der Waals surface area contributed by atoms with E-state index in [0.29, 0.717) is 43.8 Å². The van der Waals surface area contributed by atoms with E-state index in [2.05, 4.69) is 118 Å². The van der Waals surface area contributed by atoms with E-state index < -0.39 is 11.2 Å². The van der Waals surface area contributed by atoms with Crippen molar-refractivity contribution in [1.82, 2.24) is 19.8 Å². The predicted molar refractivity (Wildman–Crippen MR) is 278 cm³/mol. The van der Waals surface area contributed by atoms with Gasteiger partial charge in [-0.15, -0.1) is 22.7 Å². The van der Waals surface area contributed by atoms with Gasteiger partial charge in [0.1, 0.15) is 22.7 Å². The van der Waals surface area contributed by atoms with E-state index >= 15 is 0 Å². The Morgan fingerprint density at radius 3 is 1.10 bits per heavy atom. The average molecular weight is 959 g/mol. The van der Waals surface area contributed by atoms with Gasteiger partial charge in [-0.1, -0.05) is 83.1 Å². The number of likely N-dealkylation sites (tertiary alicyclic amines) is 2. The first-order chi connectivity index (χ1) is 30.7. The van der Waals surface area contributed by atoms with Gasteiger partial charge in [-0.2, -0.15) is 0 Å². The zero-order valence-corrected chi connectivity index (χ0v) is 46.0. The average Bonchev–Trinajstić information content (AvgIpc) is 3.90. The molecule has 2 saturated heterocycles. The van der Waals surface area contributed by atoms with Gasteiger partial charge < -0.3 is 29.1 Å². The van der Waals surface area contributed by atoms with E-state index in [4.69, 9.17) is 24.2 Å². The second kappa shape index (κ2) is 20.1. The van der Waals surface area contributed by atoms with Crippen molar-refractivity contribution in [3.63, 3.8) is 0 Å². The maximum atomic E-state index is 12.4. The molecule has 2 aliphatic rings. The highest BCUT2D eigenvalue weighted by molar-refractivity contribution is 7.10. The minimum Gasteiger partial charge on any atom is -0.507 e. The number of aromatic nitrogens is 2. The number of thiazole rings is 2. The third-order valence-electron chi connectivity index (χ3n) is 12.3. The van der Waals surface area contributed by atoms with Crippen LogP contribution in [0.3, 0.4) is 0 Å². The standard InChI is InChI=1S/C28H42N2O3S.C27H40N2O3S/c1-26(2,3)20-15-19(16-21(23(20)32-10)27(4,5)6)22-17-34-24(29-22)18-11-13-30(14-12-18)25(31)33-28(7,8)9;1-25(2,3)19-14-18(15-20(22(19)30)26(4,5)6)21-16-33-23(28-21)17-10-12-29(13-11-17)24(31)32-27(7,8)9/h15-18H,11-14H2,1-10H3;14-17,30H,10-13H2,1-9H3. The summed E-state index contributed by atoms with van der Waals surface area (Å²) in [6, 6.07) is 8.68. The fourth-order valence-corrected chi connectivity index (χ4v) is 10.5. The van der Waals surface area contributed by atoms with E-state index in [0.717, 1.165) is 75.1 Å². The van der Waals surface area contributed by atoms with Crippen molar-refractivity contribution in [2.75, 3.05) is 33.3 Å². The monoisotopic (exact) mass is 959 g/mol. The number of methoxy groups -OCH3 is 1. The summed E-state index contributed by atoms with van der Waals surface area (Å²) in [5.74, 6) is 2.10. The molecule has 2 aliphatic heterocycles. The molecule has 0 bridgehead atoms. The number of hydrogen-bond acceptors (Lipinski definition) is 10. The Balaban J connectivity index is 0.000000251. The normalized spacial score (nSPS) is 16.1. The molecule has 370 valence electrons. The molecule has 0 saturated carbocycles. The fraction of sp³-hybridized carbons (Fsp3) is 0.636. The van der Waals surface area contributed by atoms with E-state index in [1.54, 1.807) is 29.8 Å². The van der Waals surface area contributed by atoms with Crippen molar-refractivity contribution < 1.29 is 28.9 Å². The molecule has 0 spiro atoms. The highest BCUT2D eigenvalue weighted by atomic mass is 32.1. The zero-order chi connectivity index (χ0) is 50.2. The maximum Gasteiger partial charge on any atom is 0.410 e. The van der Waals surface area contributed by atoms with Crippen LogP contribution in [0.5, 0.6) is 11.5 Å². The number of piperidine rings is 2. The van der Waals surface area contributed by atoms with Crippen molar-refractivity contribution in [3.05, 3.63) is 67.3 Å². The van der Waals surface area contributed by atoms with Crippen molar-refractivity contribution in [2.24, 2.45) is 0 Å². The van der Waals surface area contributed by atoms with Gasteiger partial charge in [0, 0.05) is 82.2 Å². The quantitative estimate of drug-likeness (QED) is 0.210. The number of ether oxygens (including phenoxy) is 3. The Labute approximate surface area is 411 Å². The van der Waals surface area contributed by atoms with Gasteiger partial charge >= 0.3 is 12.2 Å². The van der Waals surface area contributed by atoms with E-state index in [-0.39, 0.29) is 33.8 Å². The van der Waals surface area contributed by atoms with Gasteiger partial charge in [0.25, 0.3) is 0 Å². The fourth-order valence-electron chi connectivity index (χ4n) is 8.52. The second-order valence-corrected chi connectivity index (χ2v) is 26.4. The second-order valence-electron chi connectivity index (χ2n) is 24.6. The number of amides is 2. The van der Waals surface area contributed by atoms with Gasteiger partial charge in [-0.05, 0) is 113 Å². The molecule has 0 atom stereocenters. The molecule has 0 unspecified atom stereocenters. The lowest BCUT2D eigenvalue weighted by atomic mass is 9.78. The minimum absolute atomic E-state index is 0.0469. The number of benzene rings is 2. The van der Waals surface area contributed by atoms with Gasteiger partial charge in [0.05, 0.1) is 28.5 Å². The number of rotatable bonds is 5. The summed E-state index contributed by atoms with van der Waals surface area (Å²) in [5, 5.41) is 17.6. The largest absolute Gasteiger partial charge is 0.507 e. The number of carbonyl (C=O) groups excluding carboxylic acids is 2. The topological polar surface area (TPSA) is 114 Å². The van der Waals surface area contributed by atoms with Crippen LogP contribution in [0.4, 0.5) is 9.59 Å². The number of hydrogen-bond donors (Lipinski definition) is 1. The molecule has 2 amide bonds. The van der Waals surface area contributed by atoms with Crippen LogP contribution in [0.2, 0.25) is 0 Å². The molecule has 12 heteroatoms. The third kappa shape index (κ3) is 14.0. The first-order valence-corrected chi connectivity index (χ1v) is 25.9. The van der Waals surface area contributed by atoms with E-state index in [1.165, 1.54) is 11.1 Å². The van der Waals surface area contributed by atoms with Crippen LogP contribution in [0, 0.1) is 0 Å². The zero-order valence-electron chi connectivity index (χ0n) is 44.4. The number of nitrogens with zero attached hydrogens (tertiary/aromatic N) is 4. The molecule has 4 heterocycles. The van der Waals surface area contributed by atoms with Crippen LogP contribution in [-0.2, 0) is 31.1 Å². The highest BCUT2D eigenvalue weighted by Crippen LogP contribution is 2.45. The first-order valence-electron chi connectivity index (χ1n) is 24.1. The summed E-state index contributed by atoms with van der Waals surface area (Å²) in [6.07, 6.45) is 3.16. The lowest BCUT2D eigenvalue weighted by molar-refractivity contribution is 0.0194. The summed E-state index contributed by atoms with van der Waals surface area (Å²) in [6.45, 7) is 40.3. The van der Waals surface area contributed by atoms with Crippen LogP contribution in [-0.4, -0.2) is 81.6 Å². The van der Waals surface area contributed by atoms with E-state index in [9.17, 15) is 14.7 Å². The summed E-state index contributed by atoms with van der Waals surface area (Å²) < 4.78 is 17.0. The number of aromatic hydroxyl groups is 1. The van der Waals surface area contributed by atoms with Gasteiger partial charge in [0.2, 0.25) is 0 Å². The van der Waals surface area contributed by atoms with Crippen LogP contribution in [0.1, 0.15) is 194 Å². The van der Waals surface area contributed by atoms with Crippen molar-refractivity contribution >= 4 is 34.9 Å². The maximum absolute atomic E-state index is 12.4. The molecular weight excluding hydrogens is 877 g/mol. The SMILES string of the molecule is CC(C)(C)OC(=O)N1CCC(c2nc(-c3cc(C(C)(C)C)c(O)c(C(C)(C)C)c3)cs2)CC1.COc1c(C(C)(C)C)cc(-c2csc(C3CCN(C(=O)OC(C)(C)C)CC3)n2)cc1C(C)(C)C. The van der Waals surface area contributed by atoms with Crippen molar-refractivity contribution in [1.29, 1.82) is 0 Å². The van der Waals surface area contributed by atoms with Crippen LogP contribution < -0.4 is 4.74 Å². The summed E-state index contributed by atoms with van der Waals surface area (Å²) in [7, 11) is 1.77. The highest BCUT2D eigenvalue weighted by Gasteiger charge is 2.33. The van der Waals surface area contributed by atoms with Crippen LogP contribution in [0.25, 0.3) is 22.5 Å². The molecule has 2 aromatic carbocycles. The van der Waals surface area contributed by atoms with Crippen molar-refractivity contribution in [3.8, 4) is 34.0 Å². The van der Waals surface area contributed by atoms with E-state index in [1.807, 2.05) is 51.3 Å². The molecule has 6 rings (SSSR count). The molecule has 0 radical (unpaired) electrons. The number of phenols is 1. The Kier molecular flexibility index (Phi) is 16.1. The van der Waals surface area contributed by atoms with Gasteiger partial charge in [0.15, 0.2) is 0 Å². The molecule has 67 heavy (non-hydrogen) atoms. The van der Waals surface area contributed by atoms with Crippen molar-refractivity contribution in [2.45, 2.75) is 195 Å². The Morgan fingerprint density at radius 1 is 0.537 bits per heavy atom. The third-order valence-corrected chi connectivity index (χ3v) is 14.3. The summed E-state index contributed by atoms with van der Waals surface area (Å²) >= 11 is 3.42. The minimum atomic E-state index is -0.472. The summed E-state index contributed by atoms with van der Waals surface area (Å²) in [5.41, 5.74) is 7.11. The molecule has 2 aromatic heterocycles. The van der Waals surface area contributed by atoms with Gasteiger partial charge in [-0.25, -0.2) is 19.6 Å². The lowest BCUT2D eigenvalue weighted by Crippen LogP contribution is -2.41. The Bertz CT molecular complexity index is 2270. The lowest BCUT2D eigenvalue weighted by Gasteiger charge is -2.32. The van der Waals surface area contributed by atoms with Crippen LogP contribution >= 0.6 is 22.7 Å². The smallest absolute Gasteiger partial charge is 0.410 e. The summed E-state index contributed by atoms with van der Waals surface area (Å²) in [4.78, 5) is 38.5. The Hall–Kier alpha value is -4.16. The number of phenolic OH excluding ortho intramolecular Hbond substituents is 1.